The molecule has 0 aliphatic carbocycles. The molecule has 19 heavy (non-hydrogen) atoms. The van der Waals surface area contributed by atoms with Gasteiger partial charge in [-0.2, -0.15) is 0 Å². The Balaban J connectivity index is 2.31. The predicted octanol–water partition coefficient (Wildman–Crippen LogP) is 3.81. The zero-order chi connectivity index (χ0) is 14.0. The van der Waals surface area contributed by atoms with Crippen LogP contribution in [-0.4, -0.2) is 12.0 Å². The highest BCUT2D eigenvalue weighted by atomic mass is 35.5. The third-order valence-corrected chi connectivity index (χ3v) is 4.09. The SMILES string of the molecule is CN(Cc1ccc(Cl)s1)c1cccc(F)c1C(N)=S. The first-order valence-electron chi connectivity index (χ1n) is 5.52. The molecule has 100 valence electrons. The normalized spacial score (nSPS) is 10.5. The Bertz CT molecular complexity index is 612. The lowest BCUT2D eigenvalue weighted by Crippen LogP contribution is -2.22. The molecule has 0 aliphatic rings. The average molecular weight is 315 g/mol. The second-order valence-electron chi connectivity index (χ2n) is 4.06. The van der Waals surface area contributed by atoms with Gasteiger partial charge in [0.05, 0.1) is 16.4 Å². The smallest absolute Gasteiger partial charge is 0.135 e. The molecule has 0 radical (unpaired) electrons. The van der Waals surface area contributed by atoms with Crippen LogP contribution in [0.15, 0.2) is 30.3 Å². The maximum absolute atomic E-state index is 13.8. The average Bonchev–Trinajstić information content (AvgIpc) is 2.73. The third kappa shape index (κ3) is 3.23. The molecule has 0 fully saturated rings. The first-order valence-corrected chi connectivity index (χ1v) is 7.13. The summed E-state index contributed by atoms with van der Waals surface area (Å²) in [5, 5.41) is 0. The molecule has 1 aromatic carbocycles. The molecule has 0 bridgehead atoms. The predicted molar refractivity (Wildman–Crippen MR) is 83.7 cm³/mol. The lowest BCUT2D eigenvalue weighted by molar-refractivity contribution is 0.625. The molecule has 0 saturated heterocycles. The van der Waals surface area contributed by atoms with Crippen LogP contribution in [0.5, 0.6) is 0 Å². The van der Waals surface area contributed by atoms with Crippen LogP contribution in [0.1, 0.15) is 10.4 Å². The monoisotopic (exact) mass is 314 g/mol. The molecule has 2 rings (SSSR count). The van der Waals surface area contributed by atoms with Gasteiger partial charge in [0.2, 0.25) is 0 Å². The van der Waals surface area contributed by atoms with E-state index in [-0.39, 0.29) is 10.6 Å². The Labute approximate surface area is 125 Å². The maximum atomic E-state index is 13.8. The van der Waals surface area contributed by atoms with Gasteiger partial charge < -0.3 is 10.6 Å². The summed E-state index contributed by atoms with van der Waals surface area (Å²) >= 11 is 12.3. The fourth-order valence-electron chi connectivity index (χ4n) is 1.83. The molecule has 0 saturated carbocycles. The molecule has 0 atom stereocenters. The van der Waals surface area contributed by atoms with Crippen LogP contribution in [0.25, 0.3) is 0 Å². The van der Waals surface area contributed by atoms with Crippen LogP contribution >= 0.6 is 35.2 Å². The highest BCUT2D eigenvalue weighted by molar-refractivity contribution is 7.80. The summed E-state index contributed by atoms with van der Waals surface area (Å²) in [6.45, 7) is 0.621. The number of halogens is 2. The minimum atomic E-state index is -0.402. The van der Waals surface area contributed by atoms with Gasteiger partial charge in [0.15, 0.2) is 0 Å². The minimum Gasteiger partial charge on any atom is -0.389 e. The third-order valence-electron chi connectivity index (χ3n) is 2.67. The van der Waals surface area contributed by atoms with E-state index in [1.54, 1.807) is 12.1 Å². The van der Waals surface area contributed by atoms with E-state index in [2.05, 4.69) is 0 Å². The number of nitrogens with two attached hydrogens (primary N) is 1. The van der Waals surface area contributed by atoms with E-state index < -0.39 is 5.82 Å². The lowest BCUT2D eigenvalue weighted by Gasteiger charge is -2.21. The van der Waals surface area contributed by atoms with Gasteiger partial charge in [-0.1, -0.05) is 29.9 Å². The zero-order valence-corrected chi connectivity index (χ0v) is 12.6. The van der Waals surface area contributed by atoms with Crippen molar-refractivity contribution in [2.24, 2.45) is 5.73 Å². The van der Waals surface area contributed by atoms with E-state index in [0.717, 1.165) is 9.21 Å². The van der Waals surface area contributed by atoms with E-state index in [4.69, 9.17) is 29.6 Å². The van der Waals surface area contributed by atoms with Gasteiger partial charge in [-0.3, -0.25) is 0 Å². The topological polar surface area (TPSA) is 29.3 Å². The van der Waals surface area contributed by atoms with Crippen molar-refractivity contribution in [3.8, 4) is 0 Å². The summed E-state index contributed by atoms with van der Waals surface area (Å²) < 4.78 is 14.5. The van der Waals surface area contributed by atoms with Crippen molar-refractivity contribution in [1.29, 1.82) is 0 Å². The van der Waals surface area contributed by atoms with E-state index in [0.29, 0.717) is 12.2 Å². The lowest BCUT2D eigenvalue weighted by atomic mass is 10.1. The Morgan fingerprint density at radius 1 is 1.42 bits per heavy atom. The van der Waals surface area contributed by atoms with Gasteiger partial charge in [-0.05, 0) is 24.3 Å². The number of rotatable bonds is 4. The molecule has 0 aliphatic heterocycles. The van der Waals surface area contributed by atoms with E-state index in [1.807, 2.05) is 24.1 Å². The molecule has 2 nitrogen and oxygen atoms in total. The number of anilines is 1. The van der Waals surface area contributed by atoms with E-state index in [1.165, 1.54) is 17.4 Å². The quantitative estimate of drug-likeness (QED) is 0.870. The van der Waals surface area contributed by atoms with Crippen LogP contribution in [-0.2, 0) is 6.54 Å². The highest BCUT2D eigenvalue weighted by Gasteiger charge is 2.15. The molecule has 2 aromatic rings. The van der Waals surface area contributed by atoms with Crippen LogP contribution < -0.4 is 10.6 Å². The summed E-state index contributed by atoms with van der Waals surface area (Å²) in [5.74, 6) is -0.402. The van der Waals surface area contributed by atoms with Gasteiger partial charge in [-0.15, -0.1) is 11.3 Å². The summed E-state index contributed by atoms with van der Waals surface area (Å²) in [5.41, 5.74) is 6.55. The molecule has 1 aromatic heterocycles. The van der Waals surface area contributed by atoms with E-state index >= 15 is 0 Å². The summed E-state index contributed by atoms with van der Waals surface area (Å²) in [7, 11) is 1.87. The Morgan fingerprint density at radius 2 is 2.16 bits per heavy atom. The van der Waals surface area contributed by atoms with Gasteiger partial charge in [-0.25, -0.2) is 4.39 Å². The summed E-state index contributed by atoms with van der Waals surface area (Å²) in [6.07, 6.45) is 0. The standard InChI is InChI=1S/C13H12ClFN2S2/c1-17(7-8-5-6-11(14)19-8)10-4-2-3-9(15)12(10)13(16)18/h2-6H,7H2,1H3,(H2,16,18). The van der Waals surface area contributed by atoms with Crippen LogP contribution in [0, 0.1) is 5.82 Å². The summed E-state index contributed by atoms with van der Waals surface area (Å²) in [4.78, 5) is 3.05. The van der Waals surface area contributed by atoms with Crippen LogP contribution in [0.2, 0.25) is 4.34 Å². The van der Waals surface area contributed by atoms with Crippen LogP contribution in [0.4, 0.5) is 10.1 Å². The first-order chi connectivity index (χ1) is 8.99. The van der Waals surface area contributed by atoms with Crippen molar-refractivity contribution in [3.05, 3.63) is 50.9 Å². The Hall–Kier alpha value is -1.17. The van der Waals surface area contributed by atoms with Crippen molar-refractivity contribution < 1.29 is 4.39 Å². The molecule has 2 N–H and O–H groups in total. The Kier molecular flexibility index (Phi) is 4.39. The molecular formula is C13H12ClFN2S2. The summed E-state index contributed by atoms with van der Waals surface area (Å²) in [6, 6.07) is 8.59. The fraction of sp³-hybridized carbons (Fsp3) is 0.154. The number of thiocarbonyl (C=S) groups is 1. The number of hydrogen-bond donors (Lipinski definition) is 1. The van der Waals surface area contributed by atoms with Gasteiger partial charge >= 0.3 is 0 Å². The number of hydrogen-bond acceptors (Lipinski definition) is 3. The van der Waals surface area contributed by atoms with Crippen molar-refractivity contribution in [2.75, 3.05) is 11.9 Å². The van der Waals surface area contributed by atoms with Crippen molar-refractivity contribution in [1.82, 2.24) is 0 Å². The van der Waals surface area contributed by atoms with Gasteiger partial charge in [0.1, 0.15) is 10.8 Å². The zero-order valence-electron chi connectivity index (χ0n) is 10.2. The van der Waals surface area contributed by atoms with E-state index in [9.17, 15) is 4.39 Å². The second kappa shape index (κ2) is 5.86. The molecule has 0 amide bonds. The first kappa shape index (κ1) is 14.2. The molecule has 1 heterocycles. The van der Waals surface area contributed by atoms with Gasteiger partial charge in [0, 0.05) is 17.6 Å². The van der Waals surface area contributed by atoms with Crippen molar-refractivity contribution in [3.63, 3.8) is 0 Å². The second-order valence-corrected chi connectivity index (χ2v) is 6.30. The maximum Gasteiger partial charge on any atom is 0.135 e. The number of thiophene rings is 1. The number of nitrogens with zero attached hydrogens (tertiary/aromatic N) is 1. The Morgan fingerprint density at radius 3 is 2.74 bits per heavy atom. The fourth-order valence-corrected chi connectivity index (χ4v) is 3.17. The van der Waals surface area contributed by atoms with Crippen LogP contribution in [0.3, 0.4) is 0 Å². The van der Waals surface area contributed by atoms with Crippen molar-refractivity contribution in [2.45, 2.75) is 6.54 Å². The molecule has 6 heteroatoms. The highest BCUT2D eigenvalue weighted by Crippen LogP contribution is 2.27. The molecular weight excluding hydrogens is 303 g/mol. The molecule has 0 spiro atoms. The largest absolute Gasteiger partial charge is 0.389 e. The van der Waals surface area contributed by atoms with Gasteiger partial charge in [0.25, 0.3) is 0 Å². The minimum absolute atomic E-state index is 0.0594. The molecule has 0 unspecified atom stereocenters. The number of benzene rings is 1. The van der Waals surface area contributed by atoms with Crippen molar-refractivity contribution >= 4 is 45.8 Å².